The number of ether oxygens (including phenoxy) is 1. The fourth-order valence-corrected chi connectivity index (χ4v) is 2.76. The monoisotopic (exact) mass is 367 g/mol. The van der Waals surface area contributed by atoms with E-state index in [4.69, 9.17) is 9.57 Å². The number of halogens is 1. The second-order valence-corrected chi connectivity index (χ2v) is 5.97. The van der Waals surface area contributed by atoms with Crippen molar-refractivity contribution in [1.29, 1.82) is 0 Å². The normalized spacial score (nSPS) is 16.0. The van der Waals surface area contributed by atoms with Gasteiger partial charge in [-0.3, -0.25) is 9.20 Å². The third kappa shape index (κ3) is 3.55. The van der Waals surface area contributed by atoms with Gasteiger partial charge in [-0.1, -0.05) is 23.4 Å². The summed E-state index contributed by atoms with van der Waals surface area (Å²) in [5.41, 5.74) is 1.56. The molecule has 136 valence electrons. The average Bonchev–Trinajstić information content (AvgIpc) is 3.17. The van der Waals surface area contributed by atoms with Crippen LogP contribution in [0.2, 0.25) is 0 Å². The Hall–Kier alpha value is -3.55. The summed E-state index contributed by atoms with van der Waals surface area (Å²) in [6, 6.07) is 12.4. The Morgan fingerprint density at radius 2 is 2.15 bits per heavy atom. The van der Waals surface area contributed by atoms with Crippen LogP contribution >= 0.6 is 0 Å². The number of rotatable bonds is 4. The van der Waals surface area contributed by atoms with Crippen LogP contribution in [0.15, 0.2) is 64.7 Å². The first kappa shape index (κ1) is 16.9. The maximum Gasteiger partial charge on any atom is 0.351 e. The molecule has 0 saturated heterocycles. The van der Waals surface area contributed by atoms with Crippen molar-refractivity contribution in [2.45, 2.75) is 19.1 Å². The Morgan fingerprint density at radius 3 is 3.00 bits per heavy atom. The van der Waals surface area contributed by atoms with Gasteiger partial charge in [0.25, 0.3) is 5.56 Å². The van der Waals surface area contributed by atoms with Crippen LogP contribution in [0.1, 0.15) is 17.7 Å². The number of aromatic nitrogens is 2. The molecule has 8 heteroatoms. The number of nitrogens with zero attached hydrogens (tertiary/aromatic N) is 3. The van der Waals surface area contributed by atoms with E-state index >= 15 is 0 Å². The molecule has 1 aromatic carbocycles. The number of pyridine rings is 1. The summed E-state index contributed by atoms with van der Waals surface area (Å²) in [5, 5.41) is 3.84. The molecule has 0 saturated carbocycles. The Bertz CT molecular complexity index is 1110. The Labute approximate surface area is 152 Å². The zero-order valence-electron chi connectivity index (χ0n) is 14.0. The van der Waals surface area contributed by atoms with Crippen molar-refractivity contribution in [3.63, 3.8) is 0 Å². The summed E-state index contributed by atoms with van der Waals surface area (Å²) in [6.07, 6.45) is 0.874. The molecule has 0 bridgehead atoms. The van der Waals surface area contributed by atoms with Crippen molar-refractivity contribution in [2.24, 2.45) is 5.16 Å². The van der Waals surface area contributed by atoms with Gasteiger partial charge in [0.2, 0.25) is 6.10 Å². The molecule has 0 spiro atoms. The van der Waals surface area contributed by atoms with Crippen molar-refractivity contribution in [3.05, 3.63) is 82.2 Å². The van der Waals surface area contributed by atoms with Gasteiger partial charge in [0.15, 0.2) is 0 Å². The number of fused-ring (bicyclic) bond motifs is 1. The minimum Gasteiger partial charge on any atom is -0.456 e. The third-order valence-electron chi connectivity index (χ3n) is 4.08. The molecule has 3 heterocycles. The fraction of sp³-hybridized carbons (Fsp3) is 0.158. The minimum atomic E-state index is -0.912. The highest BCUT2D eigenvalue weighted by Crippen LogP contribution is 2.18. The summed E-state index contributed by atoms with van der Waals surface area (Å²) < 4.78 is 19.9. The van der Waals surface area contributed by atoms with Gasteiger partial charge in [0, 0.05) is 24.2 Å². The van der Waals surface area contributed by atoms with E-state index in [0.29, 0.717) is 22.6 Å². The van der Waals surface area contributed by atoms with Crippen LogP contribution in [0, 0.1) is 5.82 Å². The quantitative estimate of drug-likeness (QED) is 0.660. The molecule has 0 amide bonds. The molecule has 1 aliphatic heterocycles. The van der Waals surface area contributed by atoms with Crippen molar-refractivity contribution >= 4 is 17.3 Å². The van der Waals surface area contributed by atoms with E-state index in [1.165, 1.54) is 22.6 Å². The fourth-order valence-electron chi connectivity index (χ4n) is 2.76. The molecule has 0 N–H and O–H groups in total. The van der Waals surface area contributed by atoms with E-state index in [1.54, 1.807) is 36.5 Å². The van der Waals surface area contributed by atoms with Crippen LogP contribution in [0.25, 0.3) is 5.65 Å². The molecule has 0 fully saturated rings. The lowest BCUT2D eigenvalue weighted by Crippen LogP contribution is -2.24. The minimum absolute atomic E-state index is 0.158. The molecule has 1 aliphatic rings. The Morgan fingerprint density at radius 1 is 1.26 bits per heavy atom. The zero-order chi connectivity index (χ0) is 18.8. The van der Waals surface area contributed by atoms with Crippen LogP contribution in [0.3, 0.4) is 0 Å². The van der Waals surface area contributed by atoms with Gasteiger partial charge in [-0.05, 0) is 24.3 Å². The van der Waals surface area contributed by atoms with Crippen molar-refractivity contribution < 1.29 is 18.8 Å². The molecule has 7 nitrogen and oxygen atoms in total. The molecule has 27 heavy (non-hydrogen) atoms. The van der Waals surface area contributed by atoms with Gasteiger partial charge in [0.1, 0.15) is 18.1 Å². The number of carbonyl (C=O) groups is 1. The number of hydrogen-bond acceptors (Lipinski definition) is 6. The highest BCUT2D eigenvalue weighted by atomic mass is 19.1. The molecule has 2 aromatic heterocycles. The summed E-state index contributed by atoms with van der Waals surface area (Å²) in [5.74, 6) is -1.02. The number of carbonyl (C=O) groups excluding carboxylic acids is 1. The third-order valence-corrected chi connectivity index (χ3v) is 4.08. The number of hydrogen-bond donors (Lipinski definition) is 0. The van der Waals surface area contributed by atoms with Gasteiger partial charge in [-0.15, -0.1) is 0 Å². The van der Waals surface area contributed by atoms with Crippen LogP contribution in [0.5, 0.6) is 0 Å². The first-order valence-electron chi connectivity index (χ1n) is 8.23. The highest BCUT2D eigenvalue weighted by Gasteiger charge is 2.30. The largest absolute Gasteiger partial charge is 0.456 e. The standard InChI is InChI=1S/C19H14FN3O4/c20-13-5-3-4-12(8-13)15-10-16(27-22-15)19(25)26-11-14-9-18(24)23-7-2-1-6-17(23)21-14/h1-9,16H,10-11H2. The van der Waals surface area contributed by atoms with Gasteiger partial charge in [-0.25, -0.2) is 14.2 Å². The number of benzene rings is 1. The summed E-state index contributed by atoms with van der Waals surface area (Å²) >= 11 is 0. The maximum absolute atomic E-state index is 13.3. The average molecular weight is 367 g/mol. The first-order valence-corrected chi connectivity index (χ1v) is 8.23. The van der Waals surface area contributed by atoms with E-state index in [2.05, 4.69) is 10.1 Å². The van der Waals surface area contributed by atoms with Gasteiger partial charge in [0.05, 0.1) is 11.4 Å². The molecular formula is C19H14FN3O4. The summed E-state index contributed by atoms with van der Waals surface area (Å²) in [4.78, 5) is 33.6. The molecule has 1 unspecified atom stereocenters. The van der Waals surface area contributed by atoms with Crippen molar-refractivity contribution in [1.82, 2.24) is 9.38 Å². The van der Waals surface area contributed by atoms with Crippen LogP contribution in [0.4, 0.5) is 4.39 Å². The lowest BCUT2D eigenvalue weighted by molar-refractivity contribution is -0.156. The molecule has 1 atom stereocenters. The second kappa shape index (κ2) is 6.99. The first-order chi connectivity index (χ1) is 13.1. The number of esters is 1. The van der Waals surface area contributed by atoms with Gasteiger partial charge >= 0.3 is 5.97 Å². The van der Waals surface area contributed by atoms with E-state index < -0.39 is 17.9 Å². The van der Waals surface area contributed by atoms with E-state index in [-0.39, 0.29) is 18.6 Å². The van der Waals surface area contributed by atoms with E-state index in [1.807, 2.05) is 0 Å². The van der Waals surface area contributed by atoms with Gasteiger partial charge < -0.3 is 9.57 Å². The maximum atomic E-state index is 13.3. The predicted molar refractivity (Wildman–Crippen MR) is 93.7 cm³/mol. The molecule has 3 aromatic rings. The second-order valence-electron chi connectivity index (χ2n) is 5.97. The van der Waals surface area contributed by atoms with Crippen molar-refractivity contribution in [3.8, 4) is 0 Å². The molecule has 4 rings (SSSR count). The van der Waals surface area contributed by atoms with E-state index in [0.717, 1.165) is 0 Å². The van der Waals surface area contributed by atoms with Crippen molar-refractivity contribution in [2.75, 3.05) is 0 Å². The van der Waals surface area contributed by atoms with Gasteiger partial charge in [-0.2, -0.15) is 0 Å². The lowest BCUT2D eigenvalue weighted by atomic mass is 10.1. The predicted octanol–water partition coefficient (Wildman–Crippen LogP) is 2.07. The molecule has 0 radical (unpaired) electrons. The molecule has 0 aliphatic carbocycles. The topological polar surface area (TPSA) is 82.3 Å². The number of oxime groups is 1. The zero-order valence-corrected chi connectivity index (χ0v) is 14.0. The highest BCUT2D eigenvalue weighted by molar-refractivity contribution is 6.03. The summed E-state index contributed by atoms with van der Waals surface area (Å²) in [6.45, 7) is -0.158. The molecular weight excluding hydrogens is 353 g/mol. The Balaban J connectivity index is 1.40. The summed E-state index contributed by atoms with van der Waals surface area (Å²) in [7, 11) is 0. The van der Waals surface area contributed by atoms with Crippen LogP contribution in [-0.4, -0.2) is 27.2 Å². The smallest absolute Gasteiger partial charge is 0.351 e. The van der Waals surface area contributed by atoms with Crippen LogP contribution in [-0.2, 0) is 21.0 Å². The Kier molecular flexibility index (Phi) is 4.37. The SMILES string of the molecule is O=C(OCc1cc(=O)n2ccccc2n1)C1CC(c2cccc(F)c2)=NO1. The lowest BCUT2D eigenvalue weighted by Gasteiger charge is -2.09. The van der Waals surface area contributed by atoms with Crippen LogP contribution < -0.4 is 5.56 Å². The van der Waals surface area contributed by atoms with E-state index in [9.17, 15) is 14.0 Å².